The van der Waals surface area contributed by atoms with E-state index in [4.69, 9.17) is 21.1 Å². The molecule has 1 amide bonds. The number of fused-ring (bicyclic) bond motifs is 3. The van der Waals surface area contributed by atoms with E-state index in [1.807, 2.05) is 13.8 Å². The molecule has 1 aromatic carbocycles. The van der Waals surface area contributed by atoms with E-state index in [2.05, 4.69) is 10.1 Å². The topological polar surface area (TPSA) is 116 Å². The second kappa shape index (κ2) is 9.95. The van der Waals surface area contributed by atoms with Crippen LogP contribution in [-0.4, -0.2) is 48.6 Å². The maximum atomic E-state index is 12.4. The molecule has 10 heteroatoms. The van der Waals surface area contributed by atoms with Crippen LogP contribution in [0.15, 0.2) is 29.2 Å². The number of halogens is 1. The number of hydrogen-bond acceptors (Lipinski definition) is 6. The number of aromatic carboxylic acids is 1. The van der Waals surface area contributed by atoms with Gasteiger partial charge in [0, 0.05) is 30.4 Å². The first kappa shape index (κ1) is 23.5. The smallest absolute Gasteiger partial charge is 0.406 e. The van der Waals surface area contributed by atoms with Crippen molar-refractivity contribution in [1.82, 2.24) is 9.88 Å². The Balaban J connectivity index is 1.92. The molecule has 9 nitrogen and oxygen atoms in total. The van der Waals surface area contributed by atoms with Crippen LogP contribution in [0.5, 0.6) is 11.5 Å². The Kier molecular flexibility index (Phi) is 7.29. The minimum Gasteiger partial charge on any atom is -0.492 e. The van der Waals surface area contributed by atoms with Gasteiger partial charge >= 0.3 is 12.1 Å². The highest BCUT2D eigenvalue weighted by Gasteiger charge is 2.28. The molecule has 1 unspecified atom stereocenters. The van der Waals surface area contributed by atoms with Crippen LogP contribution in [-0.2, 0) is 4.74 Å². The van der Waals surface area contributed by atoms with Crippen LogP contribution in [0.2, 0.25) is 5.02 Å². The van der Waals surface area contributed by atoms with Crippen molar-refractivity contribution < 1.29 is 28.9 Å². The monoisotopic (exact) mass is 464 g/mol. The van der Waals surface area contributed by atoms with Gasteiger partial charge in [-0.2, -0.15) is 0 Å². The number of hydrogen-bond donors (Lipinski definition) is 2. The van der Waals surface area contributed by atoms with Crippen LogP contribution in [0, 0.1) is 5.92 Å². The number of pyridine rings is 1. The maximum absolute atomic E-state index is 12.4. The number of amides is 1. The van der Waals surface area contributed by atoms with Crippen LogP contribution < -0.4 is 20.2 Å². The van der Waals surface area contributed by atoms with Crippen molar-refractivity contribution in [2.24, 2.45) is 5.92 Å². The van der Waals surface area contributed by atoms with Gasteiger partial charge in [-0.25, -0.2) is 9.59 Å². The van der Waals surface area contributed by atoms with Gasteiger partial charge in [-0.15, -0.1) is 0 Å². The second-order valence-corrected chi connectivity index (χ2v) is 8.08. The Morgan fingerprint density at radius 2 is 2.09 bits per heavy atom. The molecule has 0 aliphatic carbocycles. The molecule has 2 N–H and O–H groups in total. The number of ether oxygens (including phenoxy) is 3. The fourth-order valence-electron chi connectivity index (χ4n) is 3.45. The molecule has 1 atom stereocenters. The summed E-state index contributed by atoms with van der Waals surface area (Å²) < 4.78 is 18.1. The number of nitrogens with zero attached hydrogens (tertiary/aromatic N) is 1. The molecule has 1 aliphatic rings. The molecule has 32 heavy (non-hydrogen) atoms. The lowest BCUT2D eigenvalue weighted by Gasteiger charge is -2.24. The molecule has 2 aromatic rings. The molecular weight excluding hydrogens is 440 g/mol. The maximum Gasteiger partial charge on any atom is 0.406 e. The average molecular weight is 465 g/mol. The first-order valence-corrected chi connectivity index (χ1v) is 10.5. The minimum atomic E-state index is -1.28. The number of methoxy groups -OCH3 is 1. The number of benzene rings is 1. The van der Waals surface area contributed by atoms with Gasteiger partial charge in [-0.1, -0.05) is 25.4 Å². The highest BCUT2D eigenvalue weighted by molar-refractivity contribution is 6.32. The summed E-state index contributed by atoms with van der Waals surface area (Å²) in [5.41, 5.74) is 0.219. The number of carbonyl (C=O) groups is 2. The lowest BCUT2D eigenvalue weighted by atomic mass is 10.0. The van der Waals surface area contributed by atoms with Crippen LogP contribution in [0.25, 0.3) is 11.3 Å². The number of carbonyl (C=O) groups excluding carboxylic acids is 1. The highest BCUT2D eigenvalue weighted by Crippen LogP contribution is 2.42. The Labute approximate surface area is 189 Å². The number of aromatic nitrogens is 1. The zero-order valence-electron chi connectivity index (χ0n) is 18.0. The average Bonchev–Trinajstić information content (AvgIpc) is 2.89. The van der Waals surface area contributed by atoms with Gasteiger partial charge in [-0.3, -0.25) is 4.79 Å². The SMILES string of the molecule is COC(=O)NCCCOc1cc2c(cc1Cl)-c1cc(=O)c(C(=O)O)cn1C(C(C)C)CO2. The molecule has 1 aliphatic heterocycles. The second-order valence-electron chi connectivity index (χ2n) is 7.67. The van der Waals surface area contributed by atoms with Gasteiger partial charge in [0.2, 0.25) is 0 Å². The van der Waals surface area contributed by atoms with Crippen LogP contribution in [0.1, 0.15) is 36.7 Å². The van der Waals surface area contributed by atoms with Crippen molar-refractivity contribution in [2.45, 2.75) is 26.3 Å². The normalized spacial score (nSPS) is 14.6. The van der Waals surface area contributed by atoms with E-state index in [1.165, 1.54) is 19.4 Å². The summed E-state index contributed by atoms with van der Waals surface area (Å²) in [6, 6.07) is 4.42. The number of rotatable bonds is 7. The predicted molar refractivity (Wildman–Crippen MR) is 118 cm³/mol. The third-order valence-electron chi connectivity index (χ3n) is 5.19. The summed E-state index contributed by atoms with van der Waals surface area (Å²) in [5, 5.41) is 12.3. The quantitative estimate of drug-likeness (QED) is 0.601. The Morgan fingerprint density at radius 3 is 2.75 bits per heavy atom. The Hall–Kier alpha value is -3.20. The summed E-state index contributed by atoms with van der Waals surface area (Å²) in [6.45, 7) is 4.95. The highest BCUT2D eigenvalue weighted by atomic mass is 35.5. The number of nitrogens with one attached hydrogen (secondary N) is 1. The summed E-state index contributed by atoms with van der Waals surface area (Å²) in [5.74, 6) is -0.277. The van der Waals surface area contributed by atoms with Crippen LogP contribution >= 0.6 is 11.6 Å². The van der Waals surface area contributed by atoms with Crippen molar-refractivity contribution in [3.8, 4) is 22.8 Å². The molecule has 0 radical (unpaired) electrons. The van der Waals surface area contributed by atoms with Crippen molar-refractivity contribution in [2.75, 3.05) is 26.9 Å². The first-order valence-electron chi connectivity index (χ1n) is 10.1. The van der Waals surface area contributed by atoms with E-state index in [0.717, 1.165) is 0 Å². The van der Waals surface area contributed by atoms with Gasteiger partial charge < -0.3 is 29.2 Å². The van der Waals surface area contributed by atoms with E-state index in [0.29, 0.717) is 47.4 Å². The van der Waals surface area contributed by atoms with E-state index in [-0.39, 0.29) is 24.1 Å². The third-order valence-corrected chi connectivity index (χ3v) is 5.49. The number of alkyl carbamates (subject to hydrolysis) is 1. The zero-order valence-corrected chi connectivity index (χ0v) is 18.8. The molecule has 0 spiro atoms. The molecule has 172 valence electrons. The van der Waals surface area contributed by atoms with E-state index < -0.39 is 17.5 Å². The van der Waals surface area contributed by atoms with Gasteiger partial charge in [0.05, 0.1) is 30.5 Å². The molecule has 0 fully saturated rings. The van der Waals surface area contributed by atoms with E-state index in [9.17, 15) is 19.5 Å². The molecule has 0 saturated carbocycles. The summed E-state index contributed by atoms with van der Waals surface area (Å²) in [4.78, 5) is 35.0. The van der Waals surface area contributed by atoms with Gasteiger partial charge in [0.15, 0.2) is 5.43 Å². The lowest BCUT2D eigenvalue weighted by molar-refractivity contribution is 0.0693. The fourth-order valence-corrected chi connectivity index (χ4v) is 3.67. The van der Waals surface area contributed by atoms with E-state index in [1.54, 1.807) is 16.7 Å². The molecule has 1 aromatic heterocycles. The molecule has 3 rings (SSSR count). The van der Waals surface area contributed by atoms with Crippen molar-refractivity contribution in [3.05, 3.63) is 45.2 Å². The van der Waals surface area contributed by atoms with Crippen LogP contribution in [0.4, 0.5) is 4.79 Å². The zero-order chi connectivity index (χ0) is 23.4. The molecule has 2 heterocycles. The molecule has 0 saturated heterocycles. The standard InChI is InChI=1S/C22H25ClN2O7/c1-12(2)17-11-32-19-9-20(31-6-4-5-24-22(29)30-3)15(23)7-13(19)16-8-18(26)14(21(27)28)10-25(16)17/h7-10,12,17H,4-6,11H2,1-3H3,(H,24,29)(H,27,28). The van der Waals surface area contributed by atoms with Crippen LogP contribution in [0.3, 0.4) is 0 Å². The molecule has 0 bridgehead atoms. The van der Waals surface area contributed by atoms with Crippen molar-refractivity contribution in [3.63, 3.8) is 0 Å². The summed E-state index contributed by atoms with van der Waals surface area (Å²) >= 11 is 6.44. The third kappa shape index (κ3) is 4.99. The fraction of sp³-hybridized carbons (Fsp3) is 0.409. The van der Waals surface area contributed by atoms with Gasteiger partial charge in [-0.05, 0) is 18.4 Å². The van der Waals surface area contributed by atoms with Crippen molar-refractivity contribution in [1.29, 1.82) is 0 Å². The van der Waals surface area contributed by atoms with Gasteiger partial charge in [0.25, 0.3) is 0 Å². The predicted octanol–water partition coefficient (Wildman–Crippen LogP) is 3.58. The van der Waals surface area contributed by atoms with E-state index >= 15 is 0 Å². The van der Waals surface area contributed by atoms with Gasteiger partial charge in [0.1, 0.15) is 23.7 Å². The lowest BCUT2D eigenvalue weighted by Crippen LogP contribution is -2.25. The minimum absolute atomic E-state index is 0.112. The number of carboxylic acid groups (broad SMARTS) is 1. The summed E-state index contributed by atoms with van der Waals surface area (Å²) in [6.07, 6.45) is 1.39. The first-order chi connectivity index (χ1) is 15.2. The Morgan fingerprint density at radius 1 is 1.34 bits per heavy atom. The largest absolute Gasteiger partial charge is 0.492 e. The summed E-state index contributed by atoms with van der Waals surface area (Å²) in [7, 11) is 1.29. The molecular formula is C22H25ClN2O7. The number of carboxylic acids is 1. The van der Waals surface area contributed by atoms with Crippen molar-refractivity contribution >= 4 is 23.7 Å². The Bertz CT molecular complexity index is 1080.